The van der Waals surface area contributed by atoms with E-state index in [0.29, 0.717) is 16.8 Å². The molecule has 0 saturated carbocycles. The second-order valence-electron chi connectivity index (χ2n) is 4.39. The summed E-state index contributed by atoms with van der Waals surface area (Å²) in [5.41, 5.74) is 5.07. The van der Waals surface area contributed by atoms with Gasteiger partial charge in [-0.05, 0) is 38.1 Å². The molecule has 102 valence electrons. The molecule has 2 rings (SSSR count). The van der Waals surface area contributed by atoms with Crippen LogP contribution in [0.3, 0.4) is 0 Å². The minimum atomic E-state index is -0.320. The summed E-state index contributed by atoms with van der Waals surface area (Å²) in [5.74, 6) is -0.186. The molecule has 20 heavy (non-hydrogen) atoms. The van der Waals surface area contributed by atoms with Crippen molar-refractivity contribution in [1.82, 2.24) is 10.4 Å². The number of phenolic OH excluding ortho intramolecular Hbond substituents is 1. The Morgan fingerprint density at radius 2 is 1.95 bits per heavy atom. The zero-order chi connectivity index (χ0) is 14.5. The number of benzene rings is 1. The number of hydrogen-bond donors (Lipinski definition) is 2. The van der Waals surface area contributed by atoms with E-state index < -0.39 is 0 Å². The van der Waals surface area contributed by atoms with Crippen LogP contribution in [-0.2, 0) is 0 Å². The first-order valence-corrected chi connectivity index (χ1v) is 6.12. The molecule has 0 aliphatic carbocycles. The van der Waals surface area contributed by atoms with Crippen molar-refractivity contribution in [3.05, 3.63) is 59.4 Å². The smallest absolute Gasteiger partial charge is 0.271 e. The van der Waals surface area contributed by atoms with Crippen LogP contribution >= 0.6 is 0 Å². The minimum absolute atomic E-state index is 0.134. The number of aromatic hydroxyl groups is 1. The Morgan fingerprint density at radius 1 is 1.25 bits per heavy atom. The molecule has 1 amide bonds. The SMILES string of the molecule is C/C(=N/NC(=O)c1ccncc1)c1cc(C)ccc1O. The number of nitrogens with zero attached hydrogens (tertiary/aromatic N) is 2. The van der Waals surface area contributed by atoms with Gasteiger partial charge < -0.3 is 5.11 Å². The van der Waals surface area contributed by atoms with Gasteiger partial charge in [-0.15, -0.1) is 0 Å². The maximum atomic E-state index is 11.8. The summed E-state index contributed by atoms with van der Waals surface area (Å²) in [5, 5.41) is 13.8. The van der Waals surface area contributed by atoms with Crippen molar-refractivity contribution in [2.45, 2.75) is 13.8 Å². The molecular formula is C15H15N3O2. The third-order valence-corrected chi connectivity index (χ3v) is 2.81. The average molecular weight is 269 g/mol. The Morgan fingerprint density at radius 3 is 2.65 bits per heavy atom. The van der Waals surface area contributed by atoms with Crippen LogP contribution in [0.15, 0.2) is 47.8 Å². The van der Waals surface area contributed by atoms with Crippen molar-refractivity contribution in [3.8, 4) is 5.75 Å². The van der Waals surface area contributed by atoms with Crippen LogP contribution < -0.4 is 5.43 Å². The number of carbonyl (C=O) groups is 1. The molecule has 0 radical (unpaired) electrons. The van der Waals surface area contributed by atoms with E-state index in [9.17, 15) is 9.90 Å². The van der Waals surface area contributed by atoms with Gasteiger partial charge in [-0.2, -0.15) is 5.10 Å². The second kappa shape index (κ2) is 5.97. The molecule has 0 aliphatic heterocycles. The summed E-state index contributed by atoms with van der Waals surface area (Å²) in [6.07, 6.45) is 3.08. The van der Waals surface area contributed by atoms with Gasteiger partial charge in [-0.3, -0.25) is 9.78 Å². The van der Waals surface area contributed by atoms with E-state index in [4.69, 9.17) is 0 Å². The highest BCUT2D eigenvalue weighted by molar-refractivity contribution is 6.02. The molecule has 0 fully saturated rings. The van der Waals surface area contributed by atoms with Gasteiger partial charge in [-0.25, -0.2) is 5.43 Å². The van der Waals surface area contributed by atoms with Crippen LogP contribution in [-0.4, -0.2) is 21.7 Å². The Hall–Kier alpha value is -2.69. The molecule has 1 aromatic carbocycles. The first kappa shape index (κ1) is 13.7. The van der Waals surface area contributed by atoms with Crippen LogP contribution in [0.5, 0.6) is 5.75 Å². The maximum Gasteiger partial charge on any atom is 0.271 e. The summed E-state index contributed by atoms with van der Waals surface area (Å²) in [6.45, 7) is 3.65. The van der Waals surface area contributed by atoms with Gasteiger partial charge in [0.25, 0.3) is 5.91 Å². The van der Waals surface area contributed by atoms with Crippen molar-refractivity contribution in [2.75, 3.05) is 0 Å². The third kappa shape index (κ3) is 3.20. The topological polar surface area (TPSA) is 74.6 Å². The summed E-state index contributed by atoms with van der Waals surface area (Å²) in [6, 6.07) is 8.43. The summed E-state index contributed by atoms with van der Waals surface area (Å²) < 4.78 is 0. The first-order chi connectivity index (χ1) is 9.58. The number of hydrogen-bond acceptors (Lipinski definition) is 4. The fraction of sp³-hybridized carbons (Fsp3) is 0.133. The number of hydrazone groups is 1. The van der Waals surface area contributed by atoms with Crippen molar-refractivity contribution < 1.29 is 9.90 Å². The molecule has 0 aliphatic rings. The highest BCUT2D eigenvalue weighted by Gasteiger charge is 2.07. The molecule has 0 unspecified atom stereocenters. The van der Waals surface area contributed by atoms with E-state index in [2.05, 4.69) is 15.5 Å². The van der Waals surface area contributed by atoms with E-state index in [1.807, 2.05) is 19.1 Å². The molecule has 1 aromatic heterocycles. The van der Waals surface area contributed by atoms with Gasteiger partial charge in [0, 0.05) is 23.5 Å². The molecule has 0 saturated heterocycles. The van der Waals surface area contributed by atoms with E-state index in [0.717, 1.165) is 5.56 Å². The third-order valence-electron chi connectivity index (χ3n) is 2.81. The highest BCUT2D eigenvalue weighted by Crippen LogP contribution is 2.18. The zero-order valence-corrected chi connectivity index (χ0v) is 11.3. The van der Waals surface area contributed by atoms with Crippen LogP contribution in [0.2, 0.25) is 0 Å². The lowest BCUT2D eigenvalue weighted by Gasteiger charge is -2.06. The Labute approximate surface area is 117 Å². The summed E-state index contributed by atoms with van der Waals surface area (Å²) in [7, 11) is 0. The monoisotopic (exact) mass is 269 g/mol. The zero-order valence-electron chi connectivity index (χ0n) is 11.3. The lowest BCUT2D eigenvalue weighted by atomic mass is 10.1. The van der Waals surface area contributed by atoms with Gasteiger partial charge in [0.2, 0.25) is 0 Å². The van der Waals surface area contributed by atoms with Gasteiger partial charge in [-0.1, -0.05) is 11.6 Å². The number of rotatable bonds is 3. The lowest BCUT2D eigenvalue weighted by Crippen LogP contribution is -2.19. The number of pyridine rings is 1. The van der Waals surface area contributed by atoms with Crippen molar-refractivity contribution in [1.29, 1.82) is 0 Å². The first-order valence-electron chi connectivity index (χ1n) is 6.12. The number of amides is 1. The number of aryl methyl sites for hydroxylation is 1. The number of aromatic nitrogens is 1. The van der Waals surface area contributed by atoms with Crippen LogP contribution in [0.25, 0.3) is 0 Å². The van der Waals surface area contributed by atoms with Crippen molar-refractivity contribution >= 4 is 11.6 Å². The van der Waals surface area contributed by atoms with Gasteiger partial charge in [0.1, 0.15) is 5.75 Å². The number of carbonyl (C=O) groups excluding carboxylic acids is 1. The average Bonchev–Trinajstić information content (AvgIpc) is 2.47. The van der Waals surface area contributed by atoms with E-state index in [1.54, 1.807) is 25.1 Å². The quantitative estimate of drug-likeness (QED) is 0.663. The standard InChI is InChI=1S/C15H15N3O2/c1-10-3-4-14(19)13(9-10)11(2)17-18-15(20)12-5-7-16-8-6-12/h3-9,19H,1-2H3,(H,18,20)/b17-11-. The van der Waals surface area contributed by atoms with Crippen LogP contribution in [0, 0.1) is 6.92 Å². The highest BCUT2D eigenvalue weighted by atomic mass is 16.3. The van der Waals surface area contributed by atoms with Crippen molar-refractivity contribution in [2.24, 2.45) is 5.10 Å². The molecule has 0 bridgehead atoms. The summed E-state index contributed by atoms with van der Waals surface area (Å²) >= 11 is 0. The number of nitrogens with one attached hydrogen (secondary N) is 1. The molecule has 5 heteroatoms. The molecule has 0 atom stereocenters. The van der Waals surface area contributed by atoms with E-state index in [-0.39, 0.29) is 11.7 Å². The lowest BCUT2D eigenvalue weighted by molar-refractivity contribution is 0.0954. The molecular weight excluding hydrogens is 254 g/mol. The Kier molecular flexibility index (Phi) is 4.10. The molecule has 0 spiro atoms. The van der Waals surface area contributed by atoms with Crippen LogP contribution in [0.4, 0.5) is 0 Å². The maximum absolute atomic E-state index is 11.8. The molecule has 5 nitrogen and oxygen atoms in total. The predicted octanol–water partition coefficient (Wildman–Crippen LogP) is 2.25. The summed E-state index contributed by atoms with van der Waals surface area (Å²) in [4.78, 5) is 15.7. The van der Waals surface area contributed by atoms with E-state index >= 15 is 0 Å². The number of phenols is 1. The fourth-order valence-corrected chi connectivity index (χ4v) is 1.70. The van der Waals surface area contributed by atoms with Gasteiger partial charge in [0.05, 0.1) is 5.71 Å². The normalized spacial score (nSPS) is 11.2. The Bertz CT molecular complexity index is 651. The fourth-order valence-electron chi connectivity index (χ4n) is 1.70. The van der Waals surface area contributed by atoms with Gasteiger partial charge in [0.15, 0.2) is 0 Å². The second-order valence-corrected chi connectivity index (χ2v) is 4.39. The Balaban J connectivity index is 2.15. The predicted molar refractivity (Wildman–Crippen MR) is 76.8 cm³/mol. The molecule has 2 N–H and O–H groups in total. The largest absolute Gasteiger partial charge is 0.507 e. The van der Waals surface area contributed by atoms with Crippen LogP contribution in [0.1, 0.15) is 28.4 Å². The molecule has 1 heterocycles. The molecule has 2 aromatic rings. The van der Waals surface area contributed by atoms with E-state index in [1.165, 1.54) is 12.4 Å². The van der Waals surface area contributed by atoms with Gasteiger partial charge >= 0.3 is 0 Å². The minimum Gasteiger partial charge on any atom is -0.507 e. The van der Waals surface area contributed by atoms with Crippen molar-refractivity contribution in [3.63, 3.8) is 0 Å².